The van der Waals surface area contributed by atoms with Crippen LogP contribution >= 0.6 is 0 Å². The third kappa shape index (κ3) is 2.56. The molecule has 1 heterocycles. The van der Waals surface area contributed by atoms with E-state index in [2.05, 4.69) is 9.47 Å². The minimum Gasteiger partial charge on any atom is -0.491 e. The van der Waals surface area contributed by atoms with Crippen molar-refractivity contribution in [2.75, 3.05) is 19.1 Å². The molecule has 4 nitrogen and oxygen atoms in total. The first kappa shape index (κ1) is 18.8. The number of nitrogens with zero attached hydrogens (tertiary/aromatic N) is 1. The molecule has 144 valence electrons. The number of anilines is 1. The summed E-state index contributed by atoms with van der Waals surface area (Å²) in [5.74, 6) is -13.5. The summed E-state index contributed by atoms with van der Waals surface area (Å²) >= 11 is 0. The molecule has 0 atom stereocenters. The molecular formula is C16H8F7NO3. The summed E-state index contributed by atoms with van der Waals surface area (Å²) in [4.78, 5) is 11.7. The van der Waals surface area contributed by atoms with Gasteiger partial charge in [-0.25, -0.2) is 17.6 Å². The topological polar surface area (TPSA) is 38.8 Å². The lowest BCUT2D eigenvalue weighted by Gasteiger charge is -2.31. The number of likely N-dealkylation sites (N-methyl/N-ethyl adjacent to an activating group) is 1. The minimum atomic E-state index is -4.28. The van der Waals surface area contributed by atoms with E-state index < -0.39 is 69.4 Å². The van der Waals surface area contributed by atoms with E-state index in [1.807, 2.05) is 0 Å². The summed E-state index contributed by atoms with van der Waals surface area (Å²) in [6.07, 6.45) is -4.28. The Hall–Kier alpha value is -2.98. The van der Waals surface area contributed by atoms with Gasteiger partial charge in [0.15, 0.2) is 34.8 Å². The van der Waals surface area contributed by atoms with Crippen molar-refractivity contribution in [1.82, 2.24) is 0 Å². The van der Waals surface area contributed by atoms with Crippen molar-refractivity contribution in [1.29, 1.82) is 0 Å². The standard InChI is InChI=1S/C16H8F7NO3/c1-24-13-6(27-16(22,23)15(24)25)4-3-5(8(13)17)7-9(18)11(20)12(21)14(26-2)10(7)19/h3-4H,1-2H3. The van der Waals surface area contributed by atoms with Crippen molar-refractivity contribution in [2.24, 2.45) is 0 Å². The molecule has 0 aromatic heterocycles. The lowest BCUT2D eigenvalue weighted by atomic mass is 10.0. The fraction of sp³-hybridized carbons (Fsp3) is 0.188. The predicted molar refractivity (Wildman–Crippen MR) is 77.2 cm³/mol. The fourth-order valence-electron chi connectivity index (χ4n) is 2.64. The van der Waals surface area contributed by atoms with Crippen molar-refractivity contribution in [2.45, 2.75) is 6.11 Å². The maximum atomic E-state index is 14.8. The molecule has 0 spiro atoms. The number of halogens is 7. The van der Waals surface area contributed by atoms with Crippen LogP contribution in [-0.4, -0.2) is 26.2 Å². The van der Waals surface area contributed by atoms with E-state index >= 15 is 0 Å². The second-order valence-corrected chi connectivity index (χ2v) is 5.42. The van der Waals surface area contributed by atoms with Gasteiger partial charge >= 0.3 is 12.0 Å². The second kappa shape index (κ2) is 6.03. The first-order valence-electron chi connectivity index (χ1n) is 7.10. The van der Waals surface area contributed by atoms with Gasteiger partial charge in [0.1, 0.15) is 5.69 Å². The number of fused-ring (bicyclic) bond motifs is 1. The zero-order valence-corrected chi connectivity index (χ0v) is 13.5. The molecule has 0 saturated carbocycles. The van der Waals surface area contributed by atoms with Crippen molar-refractivity contribution in [3.63, 3.8) is 0 Å². The summed E-state index contributed by atoms with van der Waals surface area (Å²) in [7, 11) is 1.55. The summed E-state index contributed by atoms with van der Waals surface area (Å²) in [5.41, 5.74) is -3.16. The molecule has 0 fully saturated rings. The first-order chi connectivity index (χ1) is 12.5. The van der Waals surface area contributed by atoms with Gasteiger partial charge < -0.3 is 14.4 Å². The van der Waals surface area contributed by atoms with Crippen LogP contribution < -0.4 is 14.4 Å². The lowest BCUT2D eigenvalue weighted by molar-refractivity contribution is -0.192. The minimum absolute atomic E-state index is 0.185. The van der Waals surface area contributed by atoms with Gasteiger partial charge in [0.2, 0.25) is 5.82 Å². The van der Waals surface area contributed by atoms with Crippen LogP contribution in [0.5, 0.6) is 11.5 Å². The van der Waals surface area contributed by atoms with Crippen molar-refractivity contribution >= 4 is 11.6 Å². The Morgan fingerprint density at radius 1 is 0.963 bits per heavy atom. The molecule has 3 rings (SSSR count). The van der Waals surface area contributed by atoms with Crippen LogP contribution in [0, 0.1) is 29.1 Å². The Balaban J connectivity index is 2.31. The third-order valence-corrected chi connectivity index (χ3v) is 3.90. The quantitative estimate of drug-likeness (QED) is 0.438. The van der Waals surface area contributed by atoms with Crippen molar-refractivity contribution in [3.8, 4) is 22.6 Å². The first-order valence-corrected chi connectivity index (χ1v) is 7.10. The van der Waals surface area contributed by atoms with Gasteiger partial charge in [-0.3, -0.25) is 4.79 Å². The number of alkyl halides is 2. The van der Waals surface area contributed by atoms with Crippen molar-refractivity contribution in [3.05, 3.63) is 41.2 Å². The monoisotopic (exact) mass is 395 g/mol. The highest BCUT2D eigenvalue weighted by Gasteiger charge is 2.50. The van der Waals surface area contributed by atoms with Gasteiger partial charge in [0.25, 0.3) is 0 Å². The number of rotatable bonds is 2. The Labute approximate surface area is 146 Å². The molecule has 1 amide bonds. The molecule has 0 bridgehead atoms. The lowest BCUT2D eigenvalue weighted by Crippen LogP contribution is -2.49. The normalized spacial score (nSPS) is 15.4. The highest BCUT2D eigenvalue weighted by atomic mass is 19.3. The Bertz CT molecular complexity index is 977. The number of ether oxygens (including phenoxy) is 2. The summed E-state index contributed by atoms with van der Waals surface area (Å²) < 4.78 is 106. The Kier molecular flexibility index (Phi) is 4.20. The van der Waals surface area contributed by atoms with E-state index in [-0.39, 0.29) is 4.90 Å². The number of carbonyl (C=O) groups is 1. The smallest absolute Gasteiger partial charge is 0.482 e. The van der Waals surface area contributed by atoms with E-state index in [4.69, 9.17) is 0 Å². The zero-order chi connectivity index (χ0) is 20.3. The van der Waals surface area contributed by atoms with E-state index in [9.17, 15) is 35.5 Å². The average Bonchev–Trinajstić information content (AvgIpc) is 2.60. The molecule has 0 radical (unpaired) electrons. The molecule has 27 heavy (non-hydrogen) atoms. The molecule has 11 heteroatoms. The third-order valence-electron chi connectivity index (χ3n) is 3.90. The molecule has 1 aliphatic rings. The van der Waals surface area contributed by atoms with Crippen LogP contribution in [0.3, 0.4) is 0 Å². The molecule has 2 aromatic carbocycles. The van der Waals surface area contributed by atoms with E-state index in [1.54, 1.807) is 0 Å². The van der Waals surface area contributed by atoms with Gasteiger partial charge in [0.05, 0.1) is 12.7 Å². The summed E-state index contributed by atoms with van der Waals surface area (Å²) in [6.45, 7) is 0. The summed E-state index contributed by atoms with van der Waals surface area (Å²) in [6, 6.07) is 1.32. The maximum Gasteiger partial charge on any atom is 0.482 e. The van der Waals surface area contributed by atoms with Crippen LogP contribution in [0.15, 0.2) is 12.1 Å². The molecule has 0 N–H and O–H groups in total. The molecule has 0 unspecified atom stereocenters. The van der Waals surface area contributed by atoms with Crippen molar-refractivity contribution < 1.29 is 45.0 Å². The van der Waals surface area contributed by atoms with Gasteiger partial charge in [-0.15, -0.1) is 0 Å². The number of hydrogen-bond donors (Lipinski definition) is 0. The number of benzene rings is 2. The van der Waals surface area contributed by atoms with E-state index in [0.29, 0.717) is 12.1 Å². The molecule has 0 saturated heterocycles. The highest BCUT2D eigenvalue weighted by molar-refractivity contribution is 6.01. The van der Waals surface area contributed by atoms with Gasteiger partial charge in [-0.2, -0.15) is 13.2 Å². The largest absolute Gasteiger partial charge is 0.491 e. The number of hydrogen-bond acceptors (Lipinski definition) is 3. The SMILES string of the molecule is COc1c(F)c(F)c(F)c(-c2ccc3c(c2F)N(C)C(=O)C(F)(F)O3)c1F. The molecular weight excluding hydrogens is 387 g/mol. The zero-order valence-electron chi connectivity index (χ0n) is 13.5. The van der Waals surface area contributed by atoms with Gasteiger partial charge in [0, 0.05) is 12.6 Å². The average molecular weight is 395 g/mol. The molecule has 2 aromatic rings. The van der Waals surface area contributed by atoms with Crippen LogP contribution in [-0.2, 0) is 4.79 Å². The summed E-state index contributed by atoms with van der Waals surface area (Å²) in [5, 5.41) is 0. The van der Waals surface area contributed by atoms with Gasteiger partial charge in [-0.1, -0.05) is 0 Å². The Morgan fingerprint density at radius 2 is 1.59 bits per heavy atom. The molecule has 1 aliphatic heterocycles. The van der Waals surface area contributed by atoms with Crippen LogP contribution in [0.1, 0.15) is 0 Å². The Morgan fingerprint density at radius 3 is 2.19 bits per heavy atom. The fourth-order valence-corrected chi connectivity index (χ4v) is 2.64. The number of carbonyl (C=O) groups excluding carboxylic acids is 1. The maximum absolute atomic E-state index is 14.8. The predicted octanol–water partition coefficient (Wildman–Crippen LogP) is 4.01. The second-order valence-electron chi connectivity index (χ2n) is 5.42. The van der Waals surface area contributed by atoms with Crippen LogP contribution in [0.2, 0.25) is 0 Å². The van der Waals surface area contributed by atoms with Crippen LogP contribution in [0.25, 0.3) is 11.1 Å². The van der Waals surface area contributed by atoms with Crippen LogP contribution in [0.4, 0.5) is 36.4 Å². The number of amides is 1. The van der Waals surface area contributed by atoms with Gasteiger partial charge in [-0.05, 0) is 12.1 Å². The number of methoxy groups -OCH3 is 1. The van der Waals surface area contributed by atoms with E-state index in [1.165, 1.54) is 0 Å². The van der Waals surface area contributed by atoms with E-state index in [0.717, 1.165) is 14.2 Å². The molecule has 0 aliphatic carbocycles. The highest BCUT2D eigenvalue weighted by Crippen LogP contribution is 2.45.